The second kappa shape index (κ2) is 14.9. The number of nitrogens with one attached hydrogen (secondary N) is 3. The van der Waals surface area contributed by atoms with E-state index in [1.54, 1.807) is 26.3 Å². The fourth-order valence-corrected chi connectivity index (χ4v) is 2.67. The maximum Gasteiger partial charge on any atom is 0.411 e. The fourth-order valence-electron chi connectivity index (χ4n) is 2.67. The van der Waals surface area contributed by atoms with Gasteiger partial charge < -0.3 is 25.4 Å². The summed E-state index contributed by atoms with van der Waals surface area (Å²) in [5.74, 6) is 0.653. The Morgan fingerprint density at radius 1 is 0.906 bits per heavy atom. The van der Waals surface area contributed by atoms with Gasteiger partial charge in [0.1, 0.15) is 6.61 Å². The number of ether oxygens (including phenoxy) is 2. The molecule has 0 spiro atoms. The number of methoxy groups -OCH3 is 1. The van der Waals surface area contributed by atoms with Crippen molar-refractivity contribution < 1.29 is 22.6 Å². The van der Waals surface area contributed by atoms with Gasteiger partial charge in [-0.25, -0.2) is 0 Å². The molecule has 0 aliphatic rings. The highest BCUT2D eigenvalue weighted by Crippen LogP contribution is 2.16. The molecule has 0 fully saturated rings. The molecule has 0 radical (unpaired) electrons. The van der Waals surface area contributed by atoms with E-state index < -0.39 is 12.8 Å². The second-order valence-corrected chi connectivity index (χ2v) is 6.82. The maximum absolute atomic E-state index is 12.1. The van der Waals surface area contributed by atoms with Crippen LogP contribution >= 0.6 is 24.0 Å². The Hall–Kier alpha value is -2.05. The molecule has 0 aromatic heterocycles. The Bertz CT molecular complexity index is 800. The molecule has 0 heterocycles. The normalized spacial score (nSPS) is 11.6. The van der Waals surface area contributed by atoms with Crippen molar-refractivity contribution in [3.63, 3.8) is 0 Å². The Labute approximate surface area is 204 Å². The molecule has 2 rings (SSSR count). The highest BCUT2D eigenvalue weighted by molar-refractivity contribution is 14.0. The topological polar surface area (TPSA) is 66.9 Å². The van der Waals surface area contributed by atoms with Gasteiger partial charge in [0, 0.05) is 39.5 Å². The van der Waals surface area contributed by atoms with Crippen molar-refractivity contribution in [3.8, 4) is 0 Å². The molecule has 2 aromatic carbocycles. The maximum atomic E-state index is 12.1. The summed E-state index contributed by atoms with van der Waals surface area (Å²) in [6.45, 7) is 1.24. The van der Waals surface area contributed by atoms with E-state index in [-0.39, 0.29) is 30.6 Å². The van der Waals surface area contributed by atoms with Gasteiger partial charge in [-0.3, -0.25) is 4.99 Å². The van der Waals surface area contributed by atoms with Crippen LogP contribution in [0.25, 0.3) is 0 Å². The predicted molar refractivity (Wildman–Crippen MR) is 131 cm³/mol. The van der Waals surface area contributed by atoms with E-state index >= 15 is 0 Å². The van der Waals surface area contributed by atoms with Gasteiger partial charge in [0.05, 0.1) is 13.2 Å². The number of halogens is 4. The van der Waals surface area contributed by atoms with Crippen molar-refractivity contribution in [2.75, 3.05) is 39.2 Å². The summed E-state index contributed by atoms with van der Waals surface area (Å²) in [6.07, 6.45) is -4.31. The number of alkyl halides is 3. The Morgan fingerprint density at radius 3 is 1.94 bits per heavy atom. The van der Waals surface area contributed by atoms with Gasteiger partial charge in [0.15, 0.2) is 5.96 Å². The van der Waals surface area contributed by atoms with E-state index in [2.05, 4.69) is 25.7 Å². The van der Waals surface area contributed by atoms with E-state index in [9.17, 15) is 13.2 Å². The lowest BCUT2D eigenvalue weighted by molar-refractivity contribution is -0.176. The molecule has 0 bridgehead atoms. The van der Waals surface area contributed by atoms with Gasteiger partial charge in [0.2, 0.25) is 0 Å². The molecule has 0 unspecified atom stereocenters. The molecular formula is C22H30F3IN4O2. The predicted octanol–water partition coefficient (Wildman–Crippen LogP) is 4.31. The molecule has 178 valence electrons. The van der Waals surface area contributed by atoms with Crippen LogP contribution in [0.2, 0.25) is 0 Å². The van der Waals surface area contributed by atoms with Crippen LogP contribution in [0.4, 0.5) is 18.9 Å². The third-order valence-corrected chi connectivity index (χ3v) is 4.29. The molecule has 2 aromatic rings. The summed E-state index contributed by atoms with van der Waals surface area (Å²) in [6, 6.07) is 15.3. The highest BCUT2D eigenvalue weighted by Gasteiger charge is 2.27. The van der Waals surface area contributed by atoms with Crippen molar-refractivity contribution in [3.05, 3.63) is 65.2 Å². The van der Waals surface area contributed by atoms with Crippen molar-refractivity contribution in [2.24, 2.45) is 4.99 Å². The van der Waals surface area contributed by atoms with E-state index in [0.717, 1.165) is 23.4 Å². The monoisotopic (exact) mass is 566 g/mol. The molecule has 10 heteroatoms. The fraction of sp³-hybridized carbons (Fsp3) is 0.409. The molecule has 0 atom stereocenters. The van der Waals surface area contributed by atoms with Crippen molar-refractivity contribution >= 4 is 35.6 Å². The first-order valence-corrected chi connectivity index (χ1v) is 9.88. The standard InChI is InChI=1S/C22H29F3N4O2.HI/c1-26-21(29-14-18-7-9-20(10-8-18)27-11-12-30-2)28-13-17-3-5-19(6-4-17)15-31-16-22(23,24)25;/h3-10,27H,11-16H2,1-2H3,(H2,26,28,29);1H. The number of guanidine groups is 1. The summed E-state index contributed by atoms with van der Waals surface area (Å²) in [5, 5.41) is 9.74. The lowest BCUT2D eigenvalue weighted by Crippen LogP contribution is -2.36. The Kier molecular flexibility index (Phi) is 13.0. The third-order valence-electron chi connectivity index (χ3n) is 4.29. The molecular weight excluding hydrogens is 536 g/mol. The zero-order valence-corrected chi connectivity index (χ0v) is 20.5. The van der Waals surface area contributed by atoms with E-state index in [0.29, 0.717) is 31.2 Å². The van der Waals surface area contributed by atoms with E-state index in [1.807, 2.05) is 36.4 Å². The van der Waals surface area contributed by atoms with E-state index in [4.69, 9.17) is 4.74 Å². The van der Waals surface area contributed by atoms with Crippen LogP contribution in [0.3, 0.4) is 0 Å². The number of aliphatic imine (C=N–C) groups is 1. The van der Waals surface area contributed by atoms with Crippen molar-refractivity contribution in [1.82, 2.24) is 10.6 Å². The minimum absolute atomic E-state index is 0. The molecule has 32 heavy (non-hydrogen) atoms. The SMILES string of the molecule is CN=C(NCc1ccc(COCC(F)(F)F)cc1)NCc1ccc(NCCOC)cc1.I. The largest absolute Gasteiger partial charge is 0.411 e. The zero-order chi connectivity index (χ0) is 22.5. The summed E-state index contributed by atoms with van der Waals surface area (Å²) >= 11 is 0. The lowest BCUT2D eigenvalue weighted by atomic mass is 10.1. The quantitative estimate of drug-likeness (QED) is 0.164. The number of rotatable bonds is 11. The van der Waals surface area contributed by atoms with Crippen molar-refractivity contribution in [2.45, 2.75) is 25.9 Å². The number of nitrogens with zero attached hydrogens (tertiary/aromatic N) is 1. The van der Waals surface area contributed by atoms with Gasteiger partial charge in [-0.1, -0.05) is 36.4 Å². The molecule has 0 aliphatic heterocycles. The molecule has 0 saturated heterocycles. The lowest BCUT2D eigenvalue weighted by Gasteiger charge is -2.13. The van der Waals surface area contributed by atoms with Crippen LogP contribution in [0.1, 0.15) is 16.7 Å². The summed E-state index contributed by atoms with van der Waals surface area (Å²) < 4.78 is 46.0. The van der Waals surface area contributed by atoms with Gasteiger partial charge >= 0.3 is 6.18 Å². The summed E-state index contributed by atoms with van der Waals surface area (Å²) in [7, 11) is 3.36. The first-order valence-electron chi connectivity index (χ1n) is 9.88. The number of hydrogen-bond donors (Lipinski definition) is 3. The first-order chi connectivity index (χ1) is 14.9. The average Bonchev–Trinajstić information content (AvgIpc) is 2.75. The number of benzene rings is 2. The zero-order valence-electron chi connectivity index (χ0n) is 18.2. The molecule has 6 nitrogen and oxygen atoms in total. The summed E-state index contributed by atoms with van der Waals surface area (Å²) in [5.41, 5.74) is 3.82. The average molecular weight is 566 g/mol. The molecule has 0 amide bonds. The third kappa shape index (κ3) is 11.5. The minimum atomic E-state index is -4.31. The van der Waals surface area contributed by atoms with Crippen LogP contribution in [-0.4, -0.2) is 46.1 Å². The molecule has 0 aliphatic carbocycles. The van der Waals surface area contributed by atoms with Crippen LogP contribution in [0, 0.1) is 0 Å². The van der Waals surface area contributed by atoms with Gasteiger partial charge in [-0.2, -0.15) is 13.2 Å². The van der Waals surface area contributed by atoms with Gasteiger partial charge in [-0.15, -0.1) is 24.0 Å². The highest BCUT2D eigenvalue weighted by atomic mass is 127. The first kappa shape index (κ1) is 28.0. The number of hydrogen-bond acceptors (Lipinski definition) is 4. The Morgan fingerprint density at radius 2 is 1.44 bits per heavy atom. The van der Waals surface area contributed by atoms with E-state index in [1.165, 1.54) is 0 Å². The molecule has 3 N–H and O–H groups in total. The summed E-state index contributed by atoms with van der Waals surface area (Å²) in [4.78, 5) is 4.21. The van der Waals surface area contributed by atoms with Crippen LogP contribution in [-0.2, 0) is 29.2 Å². The van der Waals surface area contributed by atoms with Crippen LogP contribution < -0.4 is 16.0 Å². The minimum Gasteiger partial charge on any atom is -0.383 e. The van der Waals surface area contributed by atoms with Gasteiger partial charge in [0.25, 0.3) is 0 Å². The number of anilines is 1. The second-order valence-electron chi connectivity index (χ2n) is 6.82. The Balaban J connectivity index is 0.00000512. The van der Waals surface area contributed by atoms with Crippen LogP contribution in [0.5, 0.6) is 0 Å². The van der Waals surface area contributed by atoms with Gasteiger partial charge in [-0.05, 0) is 28.8 Å². The smallest absolute Gasteiger partial charge is 0.383 e. The molecule has 0 saturated carbocycles. The van der Waals surface area contributed by atoms with Crippen LogP contribution in [0.15, 0.2) is 53.5 Å². The van der Waals surface area contributed by atoms with Crippen molar-refractivity contribution in [1.29, 1.82) is 0 Å².